The number of benzene rings is 1. The molecule has 0 atom stereocenters. The highest BCUT2D eigenvalue weighted by atomic mass is 79.9. The molecule has 0 bridgehead atoms. The van der Waals surface area contributed by atoms with Crippen molar-refractivity contribution >= 4 is 22.0 Å². The Kier molecular flexibility index (Phi) is 3.07. The van der Waals surface area contributed by atoms with Gasteiger partial charge >= 0.3 is 6.09 Å². The van der Waals surface area contributed by atoms with Crippen LogP contribution in [0.1, 0.15) is 5.56 Å². The summed E-state index contributed by atoms with van der Waals surface area (Å²) in [6.07, 6.45) is -0.377. The van der Waals surface area contributed by atoms with Crippen LogP contribution in [-0.2, 0) is 6.42 Å². The van der Waals surface area contributed by atoms with E-state index in [1.807, 2.05) is 24.3 Å². The molecule has 5 heteroatoms. The highest BCUT2D eigenvalue weighted by Crippen LogP contribution is 2.35. The third-order valence-electron chi connectivity index (χ3n) is 2.98. The molecule has 1 aliphatic heterocycles. The van der Waals surface area contributed by atoms with Crippen LogP contribution in [0.2, 0.25) is 0 Å². The maximum atomic E-state index is 10.7. The Hall–Kier alpha value is -1.54. The third-order valence-corrected chi connectivity index (χ3v) is 3.76. The summed E-state index contributed by atoms with van der Waals surface area (Å²) in [6, 6.07) is 9.95. The van der Waals surface area contributed by atoms with Crippen molar-refractivity contribution in [3.63, 3.8) is 0 Å². The molecule has 0 spiro atoms. The van der Waals surface area contributed by atoms with Crippen LogP contribution in [0, 0.1) is 16.7 Å². The van der Waals surface area contributed by atoms with Gasteiger partial charge in [0.2, 0.25) is 0 Å². The fourth-order valence-electron chi connectivity index (χ4n) is 2.05. The first-order valence-electron chi connectivity index (χ1n) is 5.19. The van der Waals surface area contributed by atoms with Crippen LogP contribution < -0.4 is 0 Å². The molecule has 1 aliphatic rings. The fraction of sp³-hybridized carbons (Fsp3) is 0.333. The van der Waals surface area contributed by atoms with Crippen molar-refractivity contribution in [2.45, 2.75) is 6.42 Å². The standard InChI is InChI=1S/C12H11BrN2O2/c13-10-4-2-1-3-9(10)5-12(6-14)7-15(8-12)11(16)17/h1-4H,5,7-8H2,(H,16,17). The molecule has 1 aromatic carbocycles. The number of carbonyl (C=O) groups is 1. The van der Waals surface area contributed by atoms with Crippen LogP contribution in [0.25, 0.3) is 0 Å². The number of carboxylic acid groups (broad SMARTS) is 1. The van der Waals surface area contributed by atoms with Gasteiger partial charge in [-0.25, -0.2) is 4.79 Å². The largest absolute Gasteiger partial charge is 0.465 e. The summed E-state index contributed by atoms with van der Waals surface area (Å²) in [6.45, 7) is 0.584. The molecule has 1 amide bonds. The Morgan fingerprint density at radius 2 is 2.18 bits per heavy atom. The number of rotatable bonds is 2. The first-order valence-corrected chi connectivity index (χ1v) is 5.98. The number of nitrogens with zero attached hydrogens (tertiary/aromatic N) is 2. The summed E-state index contributed by atoms with van der Waals surface area (Å²) in [5, 5.41) is 18.0. The Labute approximate surface area is 108 Å². The molecule has 0 aliphatic carbocycles. The van der Waals surface area contributed by atoms with Gasteiger partial charge in [0.05, 0.1) is 11.5 Å². The van der Waals surface area contributed by atoms with Gasteiger partial charge in [-0.15, -0.1) is 0 Å². The fourth-order valence-corrected chi connectivity index (χ4v) is 2.47. The molecule has 88 valence electrons. The van der Waals surface area contributed by atoms with Gasteiger partial charge in [-0.05, 0) is 18.1 Å². The van der Waals surface area contributed by atoms with E-state index in [0.717, 1.165) is 10.0 Å². The van der Waals surface area contributed by atoms with E-state index in [-0.39, 0.29) is 0 Å². The van der Waals surface area contributed by atoms with Crippen LogP contribution in [0.3, 0.4) is 0 Å². The monoisotopic (exact) mass is 294 g/mol. The maximum absolute atomic E-state index is 10.7. The first-order chi connectivity index (χ1) is 8.06. The molecule has 2 rings (SSSR count). The maximum Gasteiger partial charge on any atom is 0.407 e. The number of nitriles is 1. The van der Waals surface area contributed by atoms with Crippen molar-refractivity contribution in [1.29, 1.82) is 5.26 Å². The lowest BCUT2D eigenvalue weighted by Crippen LogP contribution is -2.58. The van der Waals surface area contributed by atoms with Crippen molar-refractivity contribution in [1.82, 2.24) is 4.90 Å². The second kappa shape index (κ2) is 4.38. The summed E-state index contributed by atoms with van der Waals surface area (Å²) in [5.41, 5.74) is 0.474. The lowest BCUT2D eigenvalue weighted by atomic mass is 9.76. The number of halogens is 1. The van der Waals surface area contributed by atoms with E-state index >= 15 is 0 Å². The molecule has 1 N–H and O–H groups in total. The Morgan fingerprint density at radius 1 is 1.53 bits per heavy atom. The van der Waals surface area contributed by atoms with Crippen molar-refractivity contribution in [3.8, 4) is 6.07 Å². The van der Waals surface area contributed by atoms with Gasteiger partial charge in [0.1, 0.15) is 0 Å². The van der Waals surface area contributed by atoms with Crippen molar-refractivity contribution in [2.75, 3.05) is 13.1 Å². The SMILES string of the molecule is N#CC1(Cc2ccccc2Br)CN(C(=O)O)C1. The van der Waals surface area contributed by atoms with E-state index in [4.69, 9.17) is 5.11 Å². The zero-order valence-corrected chi connectivity index (χ0v) is 10.6. The Balaban J connectivity index is 2.11. The summed E-state index contributed by atoms with van der Waals surface area (Å²) in [5.74, 6) is 0. The van der Waals surface area contributed by atoms with E-state index < -0.39 is 11.5 Å². The summed E-state index contributed by atoms with van der Waals surface area (Å²) in [7, 11) is 0. The summed E-state index contributed by atoms with van der Waals surface area (Å²) >= 11 is 3.44. The van der Waals surface area contributed by atoms with Crippen LogP contribution in [0.4, 0.5) is 4.79 Å². The highest BCUT2D eigenvalue weighted by Gasteiger charge is 2.46. The van der Waals surface area contributed by atoms with Crippen LogP contribution in [0.15, 0.2) is 28.7 Å². The van der Waals surface area contributed by atoms with Gasteiger partial charge in [0, 0.05) is 17.6 Å². The molecule has 1 aromatic rings. The second-order valence-electron chi connectivity index (χ2n) is 4.30. The molecule has 0 saturated carbocycles. The summed E-state index contributed by atoms with van der Waals surface area (Å²) < 4.78 is 0.961. The normalized spacial score (nSPS) is 17.1. The van der Waals surface area contributed by atoms with Crippen LogP contribution in [-0.4, -0.2) is 29.2 Å². The zero-order chi connectivity index (χ0) is 12.5. The molecular weight excluding hydrogens is 284 g/mol. The van der Waals surface area contributed by atoms with Crippen LogP contribution in [0.5, 0.6) is 0 Å². The number of hydrogen-bond donors (Lipinski definition) is 1. The van der Waals surface area contributed by atoms with Gasteiger partial charge in [-0.3, -0.25) is 0 Å². The molecule has 0 radical (unpaired) electrons. The van der Waals surface area contributed by atoms with Gasteiger partial charge in [-0.1, -0.05) is 34.1 Å². The highest BCUT2D eigenvalue weighted by molar-refractivity contribution is 9.10. The average molecular weight is 295 g/mol. The minimum absolute atomic E-state index is 0.292. The molecule has 1 fully saturated rings. The van der Waals surface area contributed by atoms with Crippen molar-refractivity contribution in [3.05, 3.63) is 34.3 Å². The van der Waals surface area contributed by atoms with E-state index in [2.05, 4.69) is 22.0 Å². The predicted molar refractivity (Wildman–Crippen MR) is 65.5 cm³/mol. The minimum atomic E-state index is -0.956. The lowest BCUT2D eigenvalue weighted by molar-refractivity contribution is 0.0464. The Morgan fingerprint density at radius 3 is 2.71 bits per heavy atom. The quantitative estimate of drug-likeness (QED) is 0.911. The van der Waals surface area contributed by atoms with Gasteiger partial charge in [0.25, 0.3) is 0 Å². The van der Waals surface area contributed by atoms with E-state index in [1.54, 1.807) is 0 Å². The number of amides is 1. The van der Waals surface area contributed by atoms with Crippen molar-refractivity contribution < 1.29 is 9.90 Å². The van der Waals surface area contributed by atoms with E-state index in [1.165, 1.54) is 4.90 Å². The number of likely N-dealkylation sites (tertiary alicyclic amines) is 1. The number of hydrogen-bond acceptors (Lipinski definition) is 2. The molecule has 1 heterocycles. The van der Waals surface area contributed by atoms with Gasteiger partial charge in [-0.2, -0.15) is 5.26 Å². The molecule has 0 unspecified atom stereocenters. The smallest absolute Gasteiger partial charge is 0.407 e. The summed E-state index contributed by atoms with van der Waals surface area (Å²) in [4.78, 5) is 12.0. The van der Waals surface area contributed by atoms with Crippen molar-refractivity contribution in [2.24, 2.45) is 5.41 Å². The predicted octanol–water partition coefficient (Wildman–Crippen LogP) is 2.50. The molecule has 0 aromatic heterocycles. The minimum Gasteiger partial charge on any atom is -0.465 e. The molecule has 1 saturated heterocycles. The lowest BCUT2D eigenvalue weighted by Gasteiger charge is -2.44. The van der Waals surface area contributed by atoms with Gasteiger partial charge < -0.3 is 10.0 Å². The average Bonchev–Trinajstić information content (AvgIpc) is 2.25. The second-order valence-corrected chi connectivity index (χ2v) is 5.15. The van der Waals surface area contributed by atoms with Crippen LogP contribution >= 0.6 is 15.9 Å². The first kappa shape index (κ1) is 11.9. The third kappa shape index (κ3) is 2.27. The van der Waals surface area contributed by atoms with E-state index in [9.17, 15) is 10.1 Å². The molecule has 4 nitrogen and oxygen atoms in total. The van der Waals surface area contributed by atoms with E-state index in [0.29, 0.717) is 19.5 Å². The molecule has 17 heavy (non-hydrogen) atoms. The molecular formula is C12H11BrN2O2. The zero-order valence-electron chi connectivity index (χ0n) is 9.06. The topological polar surface area (TPSA) is 64.3 Å². The van der Waals surface area contributed by atoms with Gasteiger partial charge in [0.15, 0.2) is 0 Å². The Bertz CT molecular complexity index is 490.